The van der Waals surface area contributed by atoms with Gasteiger partial charge in [0, 0.05) is 30.7 Å². The summed E-state index contributed by atoms with van der Waals surface area (Å²) in [6.07, 6.45) is 8.58. The third-order valence-corrected chi connectivity index (χ3v) is 7.57. The van der Waals surface area contributed by atoms with E-state index in [1.165, 1.54) is 32.4 Å². The molecule has 4 rings (SSSR count). The summed E-state index contributed by atoms with van der Waals surface area (Å²) in [6, 6.07) is 1.78. The van der Waals surface area contributed by atoms with Gasteiger partial charge in [0.25, 0.3) is 0 Å². The van der Waals surface area contributed by atoms with Crippen molar-refractivity contribution in [3.05, 3.63) is 0 Å². The van der Waals surface area contributed by atoms with E-state index < -0.39 is 0 Å². The predicted molar refractivity (Wildman–Crippen MR) is 83.7 cm³/mol. The van der Waals surface area contributed by atoms with Gasteiger partial charge in [0.2, 0.25) is 0 Å². The van der Waals surface area contributed by atoms with Crippen LogP contribution in [0.2, 0.25) is 0 Å². The van der Waals surface area contributed by atoms with Crippen LogP contribution in [0.1, 0.15) is 59.3 Å². The van der Waals surface area contributed by atoms with Gasteiger partial charge in [-0.2, -0.15) is 0 Å². The highest BCUT2D eigenvalue weighted by molar-refractivity contribution is 5.19. The highest BCUT2D eigenvalue weighted by atomic mass is 15.3. The molecule has 2 heteroatoms. The zero-order valence-corrected chi connectivity index (χ0v) is 13.6. The maximum absolute atomic E-state index is 3.91. The van der Waals surface area contributed by atoms with Crippen LogP contribution >= 0.6 is 0 Å². The Labute approximate surface area is 124 Å². The molecule has 1 aliphatic heterocycles. The molecule has 3 aliphatic carbocycles. The van der Waals surface area contributed by atoms with Crippen LogP contribution in [0.3, 0.4) is 0 Å². The van der Waals surface area contributed by atoms with Gasteiger partial charge in [-0.05, 0) is 62.2 Å². The van der Waals surface area contributed by atoms with Crippen LogP contribution in [-0.2, 0) is 0 Å². The maximum atomic E-state index is 3.91. The quantitative estimate of drug-likeness (QED) is 0.848. The SMILES string of the molecule is CCC1CNC(CC)(CC)CN1C1C2C3CCC(C3)C21. The standard InChI is InChI=1S/C18H32N2/c1-4-14-10-19-18(5-2,6-3)11-20(14)17-15-12-7-8-13(9-12)16(15)17/h12-17,19H,4-11H2,1-3H3. The number of hydrogen-bond acceptors (Lipinski definition) is 2. The minimum absolute atomic E-state index is 0.404. The summed E-state index contributed by atoms with van der Waals surface area (Å²) >= 11 is 0. The molecule has 0 radical (unpaired) electrons. The first-order chi connectivity index (χ1) is 9.73. The molecule has 1 N–H and O–H groups in total. The van der Waals surface area contributed by atoms with E-state index in [1.54, 1.807) is 19.3 Å². The van der Waals surface area contributed by atoms with Crippen LogP contribution in [0.25, 0.3) is 0 Å². The third kappa shape index (κ3) is 1.76. The molecule has 2 nitrogen and oxygen atoms in total. The predicted octanol–water partition coefficient (Wildman–Crippen LogP) is 3.27. The Morgan fingerprint density at radius 1 is 1.05 bits per heavy atom. The van der Waals surface area contributed by atoms with Crippen LogP contribution in [0.4, 0.5) is 0 Å². The summed E-state index contributed by atoms with van der Waals surface area (Å²) in [5.41, 5.74) is 0.404. The van der Waals surface area contributed by atoms with Crippen molar-refractivity contribution in [1.82, 2.24) is 10.2 Å². The molecule has 0 amide bonds. The molecular formula is C18H32N2. The Bertz CT molecular complexity index is 360. The summed E-state index contributed by atoms with van der Waals surface area (Å²) in [6.45, 7) is 9.67. The average Bonchev–Trinajstić information content (AvgIpc) is 2.93. The van der Waals surface area contributed by atoms with Crippen molar-refractivity contribution >= 4 is 0 Å². The second-order valence-electron chi connectivity index (χ2n) is 8.08. The van der Waals surface area contributed by atoms with E-state index in [9.17, 15) is 0 Å². The molecular weight excluding hydrogens is 244 g/mol. The molecule has 0 aromatic rings. The van der Waals surface area contributed by atoms with Gasteiger partial charge in [-0.15, -0.1) is 0 Å². The minimum Gasteiger partial charge on any atom is -0.308 e. The average molecular weight is 276 g/mol. The van der Waals surface area contributed by atoms with Crippen molar-refractivity contribution in [3.8, 4) is 0 Å². The second kappa shape index (κ2) is 4.71. The normalized spacial score (nSPS) is 49.4. The number of rotatable bonds is 4. The zero-order chi connectivity index (χ0) is 13.9. The number of nitrogens with one attached hydrogen (secondary N) is 1. The maximum Gasteiger partial charge on any atom is 0.0304 e. The number of nitrogens with zero attached hydrogens (tertiary/aromatic N) is 1. The lowest BCUT2D eigenvalue weighted by molar-refractivity contribution is 0.0501. The van der Waals surface area contributed by atoms with Crippen molar-refractivity contribution in [2.45, 2.75) is 76.9 Å². The summed E-state index contributed by atoms with van der Waals surface area (Å²) in [5, 5.41) is 3.91. The molecule has 0 aromatic carbocycles. The molecule has 0 spiro atoms. The summed E-state index contributed by atoms with van der Waals surface area (Å²) in [5.74, 6) is 4.43. The van der Waals surface area contributed by atoms with E-state index in [-0.39, 0.29) is 0 Å². The van der Waals surface area contributed by atoms with Crippen LogP contribution < -0.4 is 5.32 Å². The van der Waals surface area contributed by atoms with Gasteiger partial charge in [0.1, 0.15) is 0 Å². The van der Waals surface area contributed by atoms with Gasteiger partial charge >= 0.3 is 0 Å². The lowest BCUT2D eigenvalue weighted by Crippen LogP contribution is -2.64. The Balaban J connectivity index is 1.53. The van der Waals surface area contributed by atoms with E-state index in [0.29, 0.717) is 5.54 Å². The molecule has 2 bridgehead atoms. The monoisotopic (exact) mass is 276 g/mol. The highest BCUT2D eigenvalue weighted by Gasteiger charge is 2.67. The van der Waals surface area contributed by atoms with Gasteiger partial charge in [0.05, 0.1) is 0 Å². The summed E-state index contributed by atoms with van der Waals surface area (Å²) in [7, 11) is 0. The number of hydrogen-bond donors (Lipinski definition) is 1. The summed E-state index contributed by atoms with van der Waals surface area (Å²) < 4.78 is 0. The third-order valence-electron chi connectivity index (χ3n) is 7.57. The van der Waals surface area contributed by atoms with Crippen molar-refractivity contribution in [2.24, 2.45) is 23.7 Å². The zero-order valence-electron chi connectivity index (χ0n) is 13.6. The fourth-order valence-electron chi connectivity index (χ4n) is 6.16. The van der Waals surface area contributed by atoms with Crippen molar-refractivity contribution < 1.29 is 0 Å². The summed E-state index contributed by atoms with van der Waals surface area (Å²) in [4.78, 5) is 2.98. The van der Waals surface area contributed by atoms with Crippen LogP contribution in [0.5, 0.6) is 0 Å². The van der Waals surface area contributed by atoms with E-state index >= 15 is 0 Å². The van der Waals surface area contributed by atoms with Gasteiger partial charge < -0.3 is 5.32 Å². The molecule has 1 saturated heterocycles. The van der Waals surface area contributed by atoms with E-state index in [4.69, 9.17) is 0 Å². The first kappa shape index (κ1) is 13.6. The van der Waals surface area contributed by atoms with Crippen LogP contribution in [0.15, 0.2) is 0 Å². The van der Waals surface area contributed by atoms with Crippen LogP contribution in [-0.4, -0.2) is 35.6 Å². The fraction of sp³-hybridized carbons (Fsp3) is 1.00. The van der Waals surface area contributed by atoms with Gasteiger partial charge in [-0.3, -0.25) is 4.90 Å². The fourth-order valence-corrected chi connectivity index (χ4v) is 6.16. The van der Waals surface area contributed by atoms with Gasteiger partial charge in [-0.25, -0.2) is 0 Å². The van der Waals surface area contributed by atoms with Gasteiger partial charge in [0.15, 0.2) is 0 Å². The Morgan fingerprint density at radius 2 is 1.70 bits per heavy atom. The van der Waals surface area contributed by atoms with Gasteiger partial charge in [-0.1, -0.05) is 20.8 Å². The van der Waals surface area contributed by atoms with E-state index in [2.05, 4.69) is 31.0 Å². The van der Waals surface area contributed by atoms with Crippen LogP contribution in [0, 0.1) is 23.7 Å². The minimum atomic E-state index is 0.404. The number of fused-ring (bicyclic) bond motifs is 5. The lowest BCUT2D eigenvalue weighted by atomic mass is 9.87. The van der Waals surface area contributed by atoms with Crippen molar-refractivity contribution in [1.29, 1.82) is 0 Å². The largest absolute Gasteiger partial charge is 0.308 e. The molecule has 5 atom stereocenters. The smallest absolute Gasteiger partial charge is 0.0304 e. The molecule has 5 unspecified atom stereocenters. The van der Waals surface area contributed by atoms with E-state index in [1.807, 2.05) is 0 Å². The molecule has 1 heterocycles. The first-order valence-corrected chi connectivity index (χ1v) is 9.23. The Morgan fingerprint density at radius 3 is 2.25 bits per heavy atom. The molecule has 114 valence electrons. The van der Waals surface area contributed by atoms with E-state index in [0.717, 1.165) is 35.8 Å². The second-order valence-corrected chi connectivity index (χ2v) is 8.08. The van der Waals surface area contributed by atoms with Crippen molar-refractivity contribution in [3.63, 3.8) is 0 Å². The molecule has 0 aromatic heterocycles. The number of piperazine rings is 1. The Hall–Kier alpha value is -0.0800. The molecule has 3 saturated carbocycles. The first-order valence-electron chi connectivity index (χ1n) is 9.23. The highest BCUT2D eigenvalue weighted by Crippen LogP contribution is 2.67. The lowest BCUT2D eigenvalue weighted by Gasteiger charge is -2.48. The Kier molecular flexibility index (Phi) is 3.20. The van der Waals surface area contributed by atoms with Crippen molar-refractivity contribution in [2.75, 3.05) is 13.1 Å². The topological polar surface area (TPSA) is 15.3 Å². The molecule has 4 fully saturated rings. The molecule has 20 heavy (non-hydrogen) atoms. The molecule has 4 aliphatic rings.